The van der Waals surface area contributed by atoms with E-state index in [1.807, 2.05) is 49.4 Å². The van der Waals surface area contributed by atoms with Crippen LogP contribution >= 0.6 is 0 Å². The van der Waals surface area contributed by atoms with Crippen molar-refractivity contribution in [1.29, 1.82) is 0 Å². The molecule has 0 aliphatic carbocycles. The van der Waals surface area contributed by atoms with E-state index >= 15 is 0 Å². The molecular formula is C21H25N3O2. The van der Waals surface area contributed by atoms with Crippen LogP contribution in [0.3, 0.4) is 0 Å². The van der Waals surface area contributed by atoms with Crippen LogP contribution in [0.2, 0.25) is 0 Å². The van der Waals surface area contributed by atoms with E-state index < -0.39 is 0 Å². The Morgan fingerprint density at radius 2 is 1.81 bits per heavy atom. The summed E-state index contributed by atoms with van der Waals surface area (Å²) >= 11 is 0. The normalized spacial score (nSPS) is 15.5. The van der Waals surface area contributed by atoms with Crippen LogP contribution in [0.1, 0.15) is 25.0 Å². The summed E-state index contributed by atoms with van der Waals surface area (Å²) in [6, 6.07) is 16.1. The van der Waals surface area contributed by atoms with E-state index in [2.05, 4.69) is 28.5 Å². The number of aryl methyl sites for hydroxylation is 1. The number of rotatable bonds is 6. The van der Waals surface area contributed by atoms with Gasteiger partial charge in [0.1, 0.15) is 0 Å². The second-order valence-electron chi connectivity index (χ2n) is 6.65. The second-order valence-corrected chi connectivity index (χ2v) is 6.65. The molecule has 1 aliphatic rings. The highest BCUT2D eigenvalue weighted by Crippen LogP contribution is 2.31. The molecule has 1 heterocycles. The number of anilines is 2. The van der Waals surface area contributed by atoms with Gasteiger partial charge in [-0.15, -0.1) is 0 Å². The Labute approximate surface area is 154 Å². The molecule has 0 saturated carbocycles. The van der Waals surface area contributed by atoms with Crippen molar-refractivity contribution >= 4 is 23.2 Å². The lowest BCUT2D eigenvalue weighted by molar-refractivity contribution is -0.123. The molecule has 2 aromatic carbocycles. The summed E-state index contributed by atoms with van der Waals surface area (Å²) in [6.07, 6.45) is 1.78. The second kappa shape index (κ2) is 8.04. The van der Waals surface area contributed by atoms with Gasteiger partial charge in [-0.25, -0.2) is 0 Å². The van der Waals surface area contributed by atoms with Gasteiger partial charge in [0.05, 0.1) is 13.1 Å². The van der Waals surface area contributed by atoms with E-state index in [-0.39, 0.29) is 30.9 Å². The molecule has 0 bridgehead atoms. The number of nitrogens with zero attached hydrogens (tertiary/aromatic N) is 1. The van der Waals surface area contributed by atoms with Gasteiger partial charge in [0.2, 0.25) is 11.8 Å². The third kappa shape index (κ3) is 4.04. The van der Waals surface area contributed by atoms with Crippen molar-refractivity contribution in [2.45, 2.75) is 32.7 Å². The number of fused-ring (bicyclic) bond motifs is 1. The standard InChI is InChI=1S/C21H25N3O2/c1-3-16-8-4-6-10-18(16)23-20(25)13-22-21(26)14-24-15(2)12-17-9-5-7-11-19(17)24/h4-11,15H,3,12-14H2,1-2H3,(H,22,26)(H,23,25)/t15-/m1/s1. The van der Waals surface area contributed by atoms with E-state index in [1.54, 1.807) is 0 Å². The number of carbonyl (C=O) groups is 2. The van der Waals surface area contributed by atoms with Gasteiger partial charge in [0.15, 0.2) is 0 Å². The molecular weight excluding hydrogens is 326 g/mol. The predicted octanol–water partition coefficient (Wildman–Crippen LogP) is 2.75. The summed E-state index contributed by atoms with van der Waals surface area (Å²) in [7, 11) is 0. The molecule has 1 atom stereocenters. The third-order valence-corrected chi connectivity index (χ3v) is 4.78. The summed E-state index contributed by atoms with van der Waals surface area (Å²) in [5, 5.41) is 5.59. The van der Waals surface area contributed by atoms with Crippen LogP contribution in [-0.2, 0) is 22.4 Å². The Balaban J connectivity index is 1.52. The van der Waals surface area contributed by atoms with Crippen LogP contribution in [0.5, 0.6) is 0 Å². The summed E-state index contributed by atoms with van der Waals surface area (Å²) in [6.45, 7) is 4.39. The largest absolute Gasteiger partial charge is 0.359 e. The van der Waals surface area contributed by atoms with Crippen molar-refractivity contribution in [3.05, 3.63) is 59.7 Å². The fourth-order valence-corrected chi connectivity index (χ4v) is 3.40. The molecule has 0 aromatic heterocycles. The van der Waals surface area contributed by atoms with Gasteiger partial charge in [0.25, 0.3) is 0 Å². The van der Waals surface area contributed by atoms with Crippen molar-refractivity contribution in [2.75, 3.05) is 23.3 Å². The number of para-hydroxylation sites is 2. The monoisotopic (exact) mass is 351 g/mol. The molecule has 1 aliphatic heterocycles. The number of hydrogen-bond donors (Lipinski definition) is 2. The molecule has 0 spiro atoms. The SMILES string of the molecule is CCc1ccccc1NC(=O)CNC(=O)CN1c2ccccc2C[C@H]1C. The fraction of sp³-hybridized carbons (Fsp3) is 0.333. The highest BCUT2D eigenvalue weighted by atomic mass is 16.2. The summed E-state index contributed by atoms with van der Waals surface area (Å²) in [5.41, 5.74) is 4.25. The molecule has 2 amide bonds. The maximum Gasteiger partial charge on any atom is 0.243 e. The van der Waals surface area contributed by atoms with Crippen molar-refractivity contribution < 1.29 is 9.59 Å². The van der Waals surface area contributed by atoms with Crippen LogP contribution in [0.15, 0.2) is 48.5 Å². The molecule has 26 heavy (non-hydrogen) atoms. The van der Waals surface area contributed by atoms with Gasteiger partial charge < -0.3 is 15.5 Å². The molecule has 0 fully saturated rings. The van der Waals surface area contributed by atoms with Gasteiger partial charge in [0, 0.05) is 17.4 Å². The number of benzene rings is 2. The summed E-state index contributed by atoms with van der Waals surface area (Å²) < 4.78 is 0. The predicted molar refractivity (Wildman–Crippen MR) is 104 cm³/mol. The number of hydrogen-bond acceptors (Lipinski definition) is 3. The Morgan fingerprint density at radius 1 is 1.08 bits per heavy atom. The number of nitrogens with one attached hydrogen (secondary N) is 2. The minimum atomic E-state index is -0.214. The molecule has 2 N–H and O–H groups in total. The zero-order valence-electron chi connectivity index (χ0n) is 15.3. The van der Waals surface area contributed by atoms with Crippen molar-refractivity contribution in [3.8, 4) is 0 Å². The first kappa shape index (κ1) is 18.0. The Morgan fingerprint density at radius 3 is 2.62 bits per heavy atom. The Hall–Kier alpha value is -2.82. The van der Waals surface area contributed by atoms with E-state index in [0.29, 0.717) is 0 Å². The average molecular weight is 351 g/mol. The molecule has 0 radical (unpaired) electrons. The van der Waals surface area contributed by atoms with Crippen molar-refractivity contribution in [3.63, 3.8) is 0 Å². The van der Waals surface area contributed by atoms with Crippen LogP contribution in [0.25, 0.3) is 0 Å². The molecule has 5 nitrogen and oxygen atoms in total. The van der Waals surface area contributed by atoms with Gasteiger partial charge >= 0.3 is 0 Å². The van der Waals surface area contributed by atoms with E-state index in [1.165, 1.54) is 5.56 Å². The maximum absolute atomic E-state index is 12.3. The lowest BCUT2D eigenvalue weighted by atomic mass is 10.1. The minimum Gasteiger partial charge on any atom is -0.359 e. The van der Waals surface area contributed by atoms with Crippen LogP contribution in [-0.4, -0.2) is 30.9 Å². The molecule has 136 valence electrons. The van der Waals surface area contributed by atoms with Crippen molar-refractivity contribution in [2.24, 2.45) is 0 Å². The fourth-order valence-electron chi connectivity index (χ4n) is 3.40. The number of amides is 2. The topological polar surface area (TPSA) is 61.4 Å². The van der Waals surface area contributed by atoms with Crippen LogP contribution < -0.4 is 15.5 Å². The molecule has 5 heteroatoms. The third-order valence-electron chi connectivity index (χ3n) is 4.78. The highest BCUT2D eigenvalue weighted by molar-refractivity contribution is 5.95. The Bertz CT molecular complexity index is 803. The minimum absolute atomic E-state index is 0.0270. The molecule has 0 saturated heterocycles. The summed E-state index contributed by atoms with van der Waals surface area (Å²) in [5.74, 6) is -0.360. The lowest BCUT2D eigenvalue weighted by Crippen LogP contribution is -2.42. The molecule has 2 aromatic rings. The Kier molecular flexibility index (Phi) is 5.56. The van der Waals surface area contributed by atoms with Crippen LogP contribution in [0, 0.1) is 0 Å². The van der Waals surface area contributed by atoms with Gasteiger partial charge in [-0.3, -0.25) is 9.59 Å². The van der Waals surface area contributed by atoms with Crippen LogP contribution in [0.4, 0.5) is 11.4 Å². The lowest BCUT2D eigenvalue weighted by Gasteiger charge is -2.24. The summed E-state index contributed by atoms with van der Waals surface area (Å²) in [4.78, 5) is 26.5. The smallest absolute Gasteiger partial charge is 0.243 e. The van der Waals surface area contributed by atoms with Gasteiger partial charge in [-0.1, -0.05) is 43.3 Å². The van der Waals surface area contributed by atoms with E-state index in [4.69, 9.17) is 0 Å². The maximum atomic E-state index is 12.3. The average Bonchev–Trinajstić information content (AvgIpc) is 2.96. The first-order chi connectivity index (χ1) is 12.6. The quantitative estimate of drug-likeness (QED) is 0.841. The highest BCUT2D eigenvalue weighted by Gasteiger charge is 2.27. The molecule has 0 unspecified atom stereocenters. The first-order valence-electron chi connectivity index (χ1n) is 9.07. The molecule has 3 rings (SSSR count). The van der Waals surface area contributed by atoms with E-state index in [9.17, 15) is 9.59 Å². The van der Waals surface area contributed by atoms with Crippen molar-refractivity contribution in [1.82, 2.24) is 5.32 Å². The van der Waals surface area contributed by atoms with E-state index in [0.717, 1.165) is 29.8 Å². The number of carbonyl (C=O) groups excluding carboxylic acids is 2. The zero-order chi connectivity index (χ0) is 18.5. The first-order valence-corrected chi connectivity index (χ1v) is 9.07. The van der Waals surface area contributed by atoms with Gasteiger partial charge in [-0.2, -0.15) is 0 Å². The van der Waals surface area contributed by atoms with Gasteiger partial charge in [-0.05, 0) is 43.0 Å². The zero-order valence-corrected chi connectivity index (χ0v) is 15.3.